The lowest BCUT2D eigenvalue weighted by atomic mass is 9.93. The molecule has 0 aliphatic carbocycles. The Labute approximate surface area is 184 Å². The number of anilines is 2. The van der Waals surface area contributed by atoms with E-state index in [2.05, 4.69) is 26.2 Å². The van der Waals surface area contributed by atoms with E-state index in [1.54, 1.807) is 30.5 Å². The third kappa shape index (κ3) is 5.62. The summed E-state index contributed by atoms with van der Waals surface area (Å²) in [6.45, 7) is 5.71. The maximum absolute atomic E-state index is 12.7. The Balaban J connectivity index is 1.34. The van der Waals surface area contributed by atoms with Crippen molar-refractivity contribution in [3.63, 3.8) is 0 Å². The lowest BCUT2D eigenvalue weighted by Gasteiger charge is -2.35. The largest absolute Gasteiger partial charge is 0.355 e. The second-order valence-corrected chi connectivity index (χ2v) is 8.64. The highest BCUT2D eigenvalue weighted by molar-refractivity contribution is 6.05. The van der Waals surface area contributed by atoms with Crippen molar-refractivity contribution in [3.05, 3.63) is 53.7 Å². The summed E-state index contributed by atoms with van der Waals surface area (Å²) >= 11 is 0. The minimum atomic E-state index is -0.220. The summed E-state index contributed by atoms with van der Waals surface area (Å²) < 4.78 is 0. The zero-order valence-electron chi connectivity index (χ0n) is 18.1. The van der Waals surface area contributed by atoms with Gasteiger partial charge in [0.2, 0.25) is 0 Å². The zero-order valence-corrected chi connectivity index (χ0v) is 18.1. The summed E-state index contributed by atoms with van der Waals surface area (Å²) in [5.41, 5.74) is 1.68. The summed E-state index contributed by atoms with van der Waals surface area (Å²) in [6.07, 6.45) is 9.51. The smallest absolute Gasteiger partial charge is 0.255 e. The fourth-order valence-corrected chi connectivity index (χ4v) is 4.65. The van der Waals surface area contributed by atoms with E-state index in [0.717, 1.165) is 30.5 Å². The first-order valence-corrected chi connectivity index (χ1v) is 11.5. The van der Waals surface area contributed by atoms with Gasteiger partial charge in [-0.05, 0) is 88.0 Å². The van der Waals surface area contributed by atoms with Crippen molar-refractivity contribution in [2.45, 2.75) is 38.5 Å². The highest BCUT2D eigenvalue weighted by Gasteiger charge is 2.23. The van der Waals surface area contributed by atoms with Crippen LogP contribution in [0.5, 0.6) is 0 Å². The topological polar surface area (TPSA) is 72.3 Å². The fraction of sp³-hybridized carbons (Fsp3) is 0.480. The van der Waals surface area contributed by atoms with Crippen molar-refractivity contribution < 1.29 is 4.79 Å². The van der Waals surface area contributed by atoms with Crippen molar-refractivity contribution in [1.82, 2.24) is 9.88 Å². The van der Waals surface area contributed by atoms with Crippen LogP contribution in [0.1, 0.15) is 54.4 Å². The van der Waals surface area contributed by atoms with Crippen LogP contribution in [0.15, 0.2) is 42.6 Å². The van der Waals surface area contributed by atoms with Crippen LogP contribution in [0.3, 0.4) is 0 Å². The van der Waals surface area contributed by atoms with Gasteiger partial charge in [0.05, 0.1) is 17.3 Å². The number of nitriles is 1. The Morgan fingerprint density at radius 2 is 1.90 bits per heavy atom. The Hall–Kier alpha value is -2.91. The van der Waals surface area contributed by atoms with E-state index < -0.39 is 0 Å². The molecule has 2 saturated heterocycles. The summed E-state index contributed by atoms with van der Waals surface area (Å²) in [4.78, 5) is 22.2. The SMILES string of the molecule is N#Cc1cccc(C(=O)Nc2cccnc2N2CCC(CCN3CCCCC3)CC2)c1. The minimum absolute atomic E-state index is 0.220. The third-order valence-electron chi connectivity index (χ3n) is 6.51. The van der Waals surface area contributed by atoms with E-state index in [1.807, 2.05) is 12.1 Å². The molecule has 1 N–H and O–H groups in total. The number of nitrogens with zero attached hydrogens (tertiary/aromatic N) is 4. The highest BCUT2D eigenvalue weighted by atomic mass is 16.1. The Morgan fingerprint density at radius 1 is 1.10 bits per heavy atom. The fourth-order valence-electron chi connectivity index (χ4n) is 4.65. The number of likely N-dealkylation sites (tertiary alicyclic amines) is 1. The van der Waals surface area contributed by atoms with E-state index >= 15 is 0 Å². The molecule has 1 aromatic heterocycles. The third-order valence-corrected chi connectivity index (χ3v) is 6.51. The van der Waals surface area contributed by atoms with Crippen molar-refractivity contribution in [2.24, 2.45) is 5.92 Å². The lowest BCUT2D eigenvalue weighted by Crippen LogP contribution is -2.37. The average Bonchev–Trinajstić information content (AvgIpc) is 2.84. The van der Waals surface area contributed by atoms with E-state index in [-0.39, 0.29) is 5.91 Å². The molecule has 2 fully saturated rings. The number of aromatic nitrogens is 1. The second-order valence-electron chi connectivity index (χ2n) is 8.64. The number of carbonyl (C=O) groups excluding carboxylic acids is 1. The van der Waals surface area contributed by atoms with Gasteiger partial charge in [-0.1, -0.05) is 12.5 Å². The standard InChI is InChI=1S/C25H31N5O/c26-19-21-6-4-7-22(18-21)25(31)28-23-8-5-12-27-24(23)30-16-10-20(11-17-30)9-15-29-13-2-1-3-14-29/h4-8,12,18,20H,1-3,9-11,13-17H2,(H,28,31). The average molecular weight is 418 g/mol. The van der Waals surface area contributed by atoms with Crippen molar-refractivity contribution in [3.8, 4) is 6.07 Å². The molecule has 31 heavy (non-hydrogen) atoms. The van der Waals surface area contributed by atoms with Crippen LogP contribution in [-0.4, -0.2) is 48.5 Å². The lowest BCUT2D eigenvalue weighted by molar-refractivity contribution is 0.102. The van der Waals surface area contributed by atoms with Crippen LogP contribution in [0.25, 0.3) is 0 Å². The molecule has 0 saturated carbocycles. The molecule has 0 atom stereocenters. The maximum Gasteiger partial charge on any atom is 0.255 e. The van der Waals surface area contributed by atoms with Gasteiger partial charge >= 0.3 is 0 Å². The molecule has 6 nitrogen and oxygen atoms in total. The second kappa shape index (κ2) is 10.4. The number of carbonyl (C=O) groups is 1. The quantitative estimate of drug-likeness (QED) is 0.759. The summed E-state index contributed by atoms with van der Waals surface area (Å²) in [7, 11) is 0. The highest BCUT2D eigenvalue weighted by Crippen LogP contribution is 2.29. The molecule has 2 aliphatic heterocycles. The molecule has 0 unspecified atom stereocenters. The van der Waals surface area contributed by atoms with Gasteiger partial charge in [0.15, 0.2) is 5.82 Å². The molecular weight excluding hydrogens is 386 g/mol. The first-order valence-electron chi connectivity index (χ1n) is 11.5. The first kappa shape index (κ1) is 21.3. The monoisotopic (exact) mass is 417 g/mol. The molecule has 2 aromatic rings. The van der Waals surface area contributed by atoms with E-state index in [9.17, 15) is 4.79 Å². The minimum Gasteiger partial charge on any atom is -0.355 e. The van der Waals surface area contributed by atoms with Gasteiger partial charge in [-0.15, -0.1) is 0 Å². The van der Waals surface area contributed by atoms with Crippen LogP contribution in [-0.2, 0) is 0 Å². The Bertz CT molecular complexity index is 924. The number of hydrogen-bond acceptors (Lipinski definition) is 5. The normalized spacial score (nSPS) is 17.8. The van der Waals surface area contributed by atoms with E-state index in [4.69, 9.17) is 5.26 Å². The molecule has 4 rings (SSSR count). The van der Waals surface area contributed by atoms with Crippen LogP contribution in [0.2, 0.25) is 0 Å². The zero-order chi connectivity index (χ0) is 21.5. The number of benzene rings is 1. The summed E-state index contributed by atoms with van der Waals surface area (Å²) in [5.74, 6) is 1.39. The Kier molecular flexibility index (Phi) is 7.16. The predicted molar refractivity (Wildman–Crippen MR) is 123 cm³/mol. The predicted octanol–water partition coefficient (Wildman–Crippen LogP) is 4.30. The molecule has 3 heterocycles. The molecule has 162 valence electrons. The van der Waals surface area contributed by atoms with Crippen molar-refractivity contribution in [2.75, 3.05) is 42.9 Å². The molecule has 0 bridgehead atoms. The number of nitrogens with one attached hydrogen (secondary N) is 1. The number of piperidine rings is 2. The maximum atomic E-state index is 12.7. The summed E-state index contributed by atoms with van der Waals surface area (Å²) in [6, 6.07) is 12.6. The van der Waals surface area contributed by atoms with Gasteiger partial charge < -0.3 is 15.1 Å². The van der Waals surface area contributed by atoms with Gasteiger partial charge in [-0.2, -0.15) is 5.26 Å². The molecule has 2 aliphatic rings. The van der Waals surface area contributed by atoms with E-state index in [1.165, 1.54) is 58.2 Å². The molecule has 1 amide bonds. The van der Waals surface area contributed by atoms with Crippen LogP contribution in [0.4, 0.5) is 11.5 Å². The molecule has 1 aromatic carbocycles. The Morgan fingerprint density at radius 3 is 2.68 bits per heavy atom. The summed E-state index contributed by atoms with van der Waals surface area (Å²) in [5, 5.41) is 12.1. The number of amides is 1. The molecule has 0 spiro atoms. The first-order chi connectivity index (χ1) is 15.2. The van der Waals surface area contributed by atoms with Crippen LogP contribution >= 0.6 is 0 Å². The van der Waals surface area contributed by atoms with Crippen molar-refractivity contribution >= 4 is 17.4 Å². The van der Waals surface area contributed by atoms with Gasteiger partial charge in [-0.3, -0.25) is 4.79 Å². The number of hydrogen-bond donors (Lipinski definition) is 1. The van der Waals surface area contributed by atoms with Gasteiger partial charge in [-0.25, -0.2) is 4.98 Å². The van der Waals surface area contributed by atoms with E-state index in [0.29, 0.717) is 11.1 Å². The molecular formula is C25H31N5O. The van der Waals surface area contributed by atoms with Crippen LogP contribution in [0, 0.1) is 17.2 Å². The number of pyridine rings is 1. The van der Waals surface area contributed by atoms with Gasteiger partial charge in [0.25, 0.3) is 5.91 Å². The van der Waals surface area contributed by atoms with Crippen molar-refractivity contribution in [1.29, 1.82) is 5.26 Å². The van der Waals surface area contributed by atoms with Gasteiger partial charge in [0.1, 0.15) is 0 Å². The van der Waals surface area contributed by atoms with Gasteiger partial charge in [0, 0.05) is 24.8 Å². The molecule has 6 heteroatoms. The molecule has 0 radical (unpaired) electrons. The van der Waals surface area contributed by atoms with Crippen LogP contribution < -0.4 is 10.2 Å². The number of rotatable bonds is 6.